The maximum Gasteiger partial charge on any atom is 0.239 e. The molecule has 1 heterocycles. The molecule has 3 N–H and O–H groups in total. The third-order valence-electron chi connectivity index (χ3n) is 3.82. The van der Waals surface area contributed by atoms with Crippen LogP contribution in [0.5, 0.6) is 5.75 Å². The van der Waals surface area contributed by atoms with Crippen LogP contribution in [0.4, 0.5) is 5.69 Å². The van der Waals surface area contributed by atoms with Crippen LogP contribution in [-0.2, 0) is 4.79 Å². The summed E-state index contributed by atoms with van der Waals surface area (Å²) in [6.07, 6.45) is 0. The lowest BCUT2D eigenvalue weighted by Crippen LogP contribution is -2.54. The lowest BCUT2D eigenvalue weighted by Gasteiger charge is -2.37. The van der Waals surface area contributed by atoms with Crippen molar-refractivity contribution in [2.75, 3.05) is 31.1 Å². The normalized spacial score (nSPS) is 17.4. The highest BCUT2D eigenvalue weighted by atomic mass is 16.3. The average Bonchev–Trinajstić information content (AvgIpc) is 2.46. The van der Waals surface area contributed by atoms with Gasteiger partial charge in [-0.25, -0.2) is 0 Å². The van der Waals surface area contributed by atoms with Gasteiger partial charge in [-0.3, -0.25) is 4.79 Å². The van der Waals surface area contributed by atoms with Gasteiger partial charge in [0.15, 0.2) is 0 Å². The summed E-state index contributed by atoms with van der Waals surface area (Å²) in [4.78, 5) is 16.1. The Labute approximate surface area is 120 Å². The summed E-state index contributed by atoms with van der Waals surface area (Å²) in [5, 5.41) is 9.86. The minimum atomic E-state index is -0.424. The van der Waals surface area contributed by atoms with Crippen LogP contribution in [-0.4, -0.2) is 48.1 Å². The summed E-state index contributed by atoms with van der Waals surface area (Å²) in [6, 6.07) is 6.86. The summed E-state index contributed by atoms with van der Waals surface area (Å²) in [5.74, 6) is 0.460. The van der Waals surface area contributed by atoms with Gasteiger partial charge in [0.05, 0.1) is 11.7 Å². The second-order valence-corrected chi connectivity index (χ2v) is 5.57. The van der Waals surface area contributed by atoms with Crippen LogP contribution in [0, 0.1) is 5.92 Å². The first-order valence-corrected chi connectivity index (χ1v) is 7.08. The molecule has 0 saturated carbocycles. The van der Waals surface area contributed by atoms with E-state index in [1.807, 2.05) is 30.9 Å². The quantitative estimate of drug-likeness (QED) is 0.865. The Morgan fingerprint density at radius 3 is 2.35 bits per heavy atom. The second-order valence-electron chi connectivity index (χ2n) is 5.57. The number of phenolic OH excluding ortho intramolecular Hbond substituents is 1. The Hall–Kier alpha value is -1.75. The summed E-state index contributed by atoms with van der Waals surface area (Å²) in [5.41, 5.74) is 6.74. The van der Waals surface area contributed by atoms with Crippen molar-refractivity contribution >= 4 is 11.6 Å². The summed E-state index contributed by atoms with van der Waals surface area (Å²) >= 11 is 0. The predicted molar refractivity (Wildman–Crippen MR) is 79.7 cm³/mol. The zero-order valence-corrected chi connectivity index (χ0v) is 12.1. The van der Waals surface area contributed by atoms with Gasteiger partial charge in [0.25, 0.3) is 0 Å². The molecule has 20 heavy (non-hydrogen) atoms. The van der Waals surface area contributed by atoms with E-state index in [9.17, 15) is 9.90 Å². The molecule has 0 aromatic heterocycles. The standard InChI is InChI=1S/C15H23N3O2/c1-11(2)14(16)15(20)18-9-7-17(8-10-18)12-5-3-4-6-13(12)19/h3-6,11,14,19H,7-10,16H2,1-2H3. The Morgan fingerprint density at radius 1 is 1.20 bits per heavy atom. The molecule has 5 heteroatoms. The maximum atomic E-state index is 12.2. The van der Waals surface area contributed by atoms with Gasteiger partial charge in [0.2, 0.25) is 5.91 Å². The SMILES string of the molecule is CC(C)C(N)C(=O)N1CCN(c2ccccc2O)CC1. The van der Waals surface area contributed by atoms with E-state index >= 15 is 0 Å². The van der Waals surface area contributed by atoms with Gasteiger partial charge >= 0.3 is 0 Å². The molecule has 1 aromatic rings. The molecule has 1 saturated heterocycles. The number of nitrogens with zero attached hydrogens (tertiary/aromatic N) is 2. The fourth-order valence-electron chi connectivity index (χ4n) is 2.40. The van der Waals surface area contributed by atoms with Crippen molar-refractivity contribution in [3.05, 3.63) is 24.3 Å². The van der Waals surface area contributed by atoms with Crippen LogP contribution in [0.15, 0.2) is 24.3 Å². The number of benzene rings is 1. The number of nitrogens with two attached hydrogens (primary N) is 1. The molecule has 0 bridgehead atoms. The van der Waals surface area contributed by atoms with Gasteiger partial charge in [-0.05, 0) is 18.1 Å². The zero-order valence-electron chi connectivity index (χ0n) is 12.1. The molecular weight excluding hydrogens is 254 g/mol. The molecule has 1 atom stereocenters. The molecule has 2 rings (SSSR count). The van der Waals surface area contributed by atoms with E-state index < -0.39 is 6.04 Å². The number of aromatic hydroxyl groups is 1. The van der Waals surface area contributed by atoms with Gasteiger partial charge < -0.3 is 20.6 Å². The molecule has 110 valence electrons. The number of phenols is 1. The van der Waals surface area contributed by atoms with Gasteiger partial charge in [-0.15, -0.1) is 0 Å². The van der Waals surface area contributed by atoms with Gasteiger partial charge in [-0.2, -0.15) is 0 Å². The van der Waals surface area contributed by atoms with Crippen LogP contribution >= 0.6 is 0 Å². The van der Waals surface area contributed by atoms with E-state index in [4.69, 9.17) is 5.73 Å². The molecule has 1 unspecified atom stereocenters. The molecule has 0 spiro atoms. The van der Waals surface area contributed by atoms with E-state index in [1.54, 1.807) is 12.1 Å². The lowest BCUT2D eigenvalue weighted by molar-refractivity contribution is -0.133. The Kier molecular flexibility index (Phi) is 4.49. The Bertz CT molecular complexity index is 468. The number of para-hydroxylation sites is 2. The van der Waals surface area contributed by atoms with Crippen LogP contribution in [0.3, 0.4) is 0 Å². The van der Waals surface area contributed by atoms with Crippen LogP contribution in [0.2, 0.25) is 0 Å². The number of amides is 1. The predicted octanol–water partition coefficient (Wildman–Crippen LogP) is 1.02. The number of hydrogen-bond acceptors (Lipinski definition) is 4. The van der Waals surface area contributed by atoms with Crippen molar-refractivity contribution in [1.82, 2.24) is 4.90 Å². The van der Waals surface area contributed by atoms with Gasteiger partial charge in [-0.1, -0.05) is 26.0 Å². The molecule has 0 aliphatic carbocycles. The number of anilines is 1. The summed E-state index contributed by atoms with van der Waals surface area (Å²) < 4.78 is 0. The number of rotatable bonds is 3. The smallest absolute Gasteiger partial charge is 0.239 e. The van der Waals surface area contributed by atoms with Crippen molar-refractivity contribution in [2.45, 2.75) is 19.9 Å². The van der Waals surface area contributed by atoms with Gasteiger partial charge in [0.1, 0.15) is 5.75 Å². The molecule has 1 aliphatic heterocycles. The largest absolute Gasteiger partial charge is 0.506 e. The van der Waals surface area contributed by atoms with Crippen molar-refractivity contribution in [3.63, 3.8) is 0 Å². The highest BCUT2D eigenvalue weighted by molar-refractivity contribution is 5.82. The van der Waals surface area contributed by atoms with Crippen molar-refractivity contribution < 1.29 is 9.90 Å². The molecule has 5 nitrogen and oxygen atoms in total. The topological polar surface area (TPSA) is 69.8 Å². The first-order valence-electron chi connectivity index (χ1n) is 7.08. The number of carbonyl (C=O) groups is 1. The van der Waals surface area contributed by atoms with E-state index in [0.29, 0.717) is 26.2 Å². The van der Waals surface area contributed by atoms with Crippen LogP contribution < -0.4 is 10.6 Å². The van der Waals surface area contributed by atoms with Crippen molar-refractivity contribution in [3.8, 4) is 5.75 Å². The molecule has 1 aromatic carbocycles. The highest BCUT2D eigenvalue weighted by Crippen LogP contribution is 2.27. The van der Waals surface area contributed by atoms with E-state index in [0.717, 1.165) is 5.69 Å². The summed E-state index contributed by atoms with van der Waals surface area (Å²) in [7, 11) is 0. The molecule has 1 aliphatic rings. The third kappa shape index (κ3) is 3.04. The highest BCUT2D eigenvalue weighted by Gasteiger charge is 2.27. The lowest BCUT2D eigenvalue weighted by atomic mass is 10.0. The van der Waals surface area contributed by atoms with Crippen LogP contribution in [0.1, 0.15) is 13.8 Å². The molecule has 1 fully saturated rings. The van der Waals surface area contributed by atoms with Crippen LogP contribution in [0.25, 0.3) is 0 Å². The van der Waals surface area contributed by atoms with Gasteiger partial charge in [0, 0.05) is 26.2 Å². The first kappa shape index (κ1) is 14.7. The number of hydrogen-bond donors (Lipinski definition) is 2. The van der Waals surface area contributed by atoms with E-state index in [1.165, 1.54) is 0 Å². The Morgan fingerprint density at radius 2 is 1.80 bits per heavy atom. The molecule has 1 amide bonds. The van der Waals surface area contributed by atoms with Crippen molar-refractivity contribution in [1.29, 1.82) is 0 Å². The monoisotopic (exact) mass is 277 g/mol. The fraction of sp³-hybridized carbons (Fsp3) is 0.533. The van der Waals surface area contributed by atoms with E-state index in [-0.39, 0.29) is 17.6 Å². The third-order valence-corrected chi connectivity index (χ3v) is 3.82. The number of carbonyl (C=O) groups excluding carboxylic acids is 1. The minimum Gasteiger partial charge on any atom is -0.506 e. The van der Waals surface area contributed by atoms with Crippen molar-refractivity contribution in [2.24, 2.45) is 11.7 Å². The summed E-state index contributed by atoms with van der Waals surface area (Å²) in [6.45, 7) is 6.64. The minimum absolute atomic E-state index is 0.0249. The fourth-order valence-corrected chi connectivity index (χ4v) is 2.40. The zero-order chi connectivity index (χ0) is 14.7. The van der Waals surface area contributed by atoms with E-state index in [2.05, 4.69) is 4.90 Å². The maximum absolute atomic E-state index is 12.2. The molecular formula is C15H23N3O2. The second kappa shape index (κ2) is 6.13. The number of piperazine rings is 1. The Balaban J connectivity index is 1.96. The first-order chi connectivity index (χ1) is 9.50. The average molecular weight is 277 g/mol. The molecule has 0 radical (unpaired) electrons.